The molecule has 18 heteroatoms. The minimum Gasteiger partial charge on any atom is -0.444 e. The summed E-state index contributed by atoms with van der Waals surface area (Å²) in [5.74, 6) is -2.61. The van der Waals surface area contributed by atoms with Crippen LogP contribution >= 0.6 is 0 Å². The summed E-state index contributed by atoms with van der Waals surface area (Å²) in [5, 5.41) is 8.54. The summed E-state index contributed by atoms with van der Waals surface area (Å²) >= 11 is 0. The molecule has 5 amide bonds. The Morgan fingerprint density at radius 3 is 2.41 bits per heavy atom. The first kappa shape index (κ1) is 43.3. The van der Waals surface area contributed by atoms with Gasteiger partial charge in [-0.1, -0.05) is 55.3 Å². The van der Waals surface area contributed by atoms with Crippen LogP contribution < -0.4 is 20.7 Å². The lowest BCUT2D eigenvalue weighted by Crippen LogP contribution is -2.59. The number of nitrogens with zero attached hydrogens (tertiary/aromatic N) is 3. The smallest absolute Gasteiger partial charge is 0.408 e. The van der Waals surface area contributed by atoms with Gasteiger partial charge in [-0.05, 0) is 64.9 Å². The minimum atomic E-state index is -4.16. The van der Waals surface area contributed by atoms with Crippen molar-refractivity contribution in [1.82, 2.24) is 34.8 Å². The molecule has 0 bridgehead atoms. The highest BCUT2D eigenvalue weighted by molar-refractivity contribution is 7.87. The number of hydrogen-bond donors (Lipinski definition) is 4. The van der Waals surface area contributed by atoms with Gasteiger partial charge in [0.05, 0.1) is 25.8 Å². The van der Waals surface area contributed by atoms with Crippen LogP contribution in [0.15, 0.2) is 42.5 Å². The molecule has 320 valence electrons. The van der Waals surface area contributed by atoms with Crippen LogP contribution in [0.3, 0.4) is 0 Å². The maximum Gasteiger partial charge on any atom is 0.408 e. The molecule has 4 fully saturated rings. The zero-order chi connectivity index (χ0) is 41.5. The molecule has 1 aliphatic carbocycles. The summed E-state index contributed by atoms with van der Waals surface area (Å²) in [6.45, 7) is 8.63. The lowest BCUT2D eigenvalue weighted by atomic mass is 10.0. The number of nitrogens with one attached hydrogen (secondary N) is 4. The fourth-order valence-electron chi connectivity index (χ4n) is 8.11. The quantitative estimate of drug-likeness (QED) is 0.266. The predicted molar refractivity (Wildman–Crippen MR) is 212 cm³/mol. The van der Waals surface area contributed by atoms with Gasteiger partial charge in [0.25, 0.3) is 5.91 Å². The topological polar surface area (TPSA) is 205 Å². The Balaban J connectivity index is 1.24. The summed E-state index contributed by atoms with van der Waals surface area (Å²) in [5.41, 5.74) is -1.54. The Kier molecular flexibility index (Phi) is 14.0. The van der Waals surface area contributed by atoms with Crippen LogP contribution in [-0.4, -0.2) is 134 Å². The number of carbonyl (C=O) groups excluding carboxylic acids is 5. The van der Waals surface area contributed by atoms with Gasteiger partial charge < -0.3 is 35.1 Å². The lowest BCUT2D eigenvalue weighted by molar-refractivity contribution is -0.141. The molecule has 58 heavy (non-hydrogen) atoms. The molecule has 17 nitrogen and oxygen atoms in total. The predicted octanol–water partition coefficient (Wildman–Crippen LogP) is 2.50. The van der Waals surface area contributed by atoms with Crippen LogP contribution in [0.4, 0.5) is 9.59 Å². The van der Waals surface area contributed by atoms with E-state index in [1.807, 2.05) is 42.5 Å². The number of benzene rings is 1. The van der Waals surface area contributed by atoms with Crippen molar-refractivity contribution < 1.29 is 46.6 Å². The zero-order valence-electron chi connectivity index (χ0n) is 33.8. The molecule has 2 unspecified atom stereocenters. The number of alkyl carbamates (subject to hydrolysis) is 2. The maximum atomic E-state index is 14.5. The molecule has 4 aliphatic heterocycles. The molecule has 5 aliphatic rings. The van der Waals surface area contributed by atoms with Gasteiger partial charge in [0.1, 0.15) is 29.3 Å². The van der Waals surface area contributed by atoms with Crippen LogP contribution in [-0.2, 0) is 38.8 Å². The third-order valence-electron chi connectivity index (χ3n) is 11.3. The van der Waals surface area contributed by atoms with E-state index >= 15 is 0 Å². The van der Waals surface area contributed by atoms with Gasteiger partial charge >= 0.3 is 22.4 Å². The summed E-state index contributed by atoms with van der Waals surface area (Å²) < 4.78 is 46.8. The van der Waals surface area contributed by atoms with Crippen LogP contribution in [0.25, 0.3) is 0 Å². The van der Waals surface area contributed by atoms with E-state index in [2.05, 4.69) is 25.6 Å². The Hall–Kier alpha value is -4.26. The maximum absolute atomic E-state index is 14.5. The standard InChI is InChI=1S/C40H59N7O10S/c1-39(2,3)57-38(52)41-31-17-11-6-4-5-10-16-29-25-40(29,36(50)44-58(53,54)46-18-12-13-19-46)43-34(48)33-24-30(26-47(33)35(31)49)56-37(51)42-32(28-14-8-7-9-15-28)27-45-20-22-55-23-21-45/h7-10,14-16,29-33H,4-6,11-13,17-27H2,1-3H3,(H,41,52)(H,42,51)(H,43,48)(H,44,50)/t29-,30-,31+,32?,33?,40-/m1/s1. The van der Waals surface area contributed by atoms with E-state index in [0.29, 0.717) is 58.5 Å². The number of fused-ring (bicyclic) bond motifs is 2. The Morgan fingerprint density at radius 1 is 0.983 bits per heavy atom. The molecule has 4 N–H and O–H groups in total. The molecular weight excluding hydrogens is 771 g/mol. The van der Waals surface area contributed by atoms with Gasteiger partial charge in [0.15, 0.2) is 0 Å². The number of hydrogen-bond acceptors (Lipinski definition) is 11. The third-order valence-corrected chi connectivity index (χ3v) is 12.8. The highest BCUT2D eigenvalue weighted by Gasteiger charge is 2.62. The average molecular weight is 830 g/mol. The summed E-state index contributed by atoms with van der Waals surface area (Å²) in [6.07, 6.45) is 5.73. The molecule has 0 aromatic heterocycles. The molecule has 4 heterocycles. The van der Waals surface area contributed by atoms with E-state index in [-0.39, 0.29) is 38.9 Å². The number of morpholine rings is 1. The first-order chi connectivity index (χ1) is 27.6. The monoisotopic (exact) mass is 829 g/mol. The van der Waals surface area contributed by atoms with E-state index in [9.17, 15) is 32.4 Å². The zero-order valence-corrected chi connectivity index (χ0v) is 34.6. The van der Waals surface area contributed by atoms with Crippen molar-refractivity contribution >= 4 is 40.1 Å². The first-order valence-corrected chi connectivity index (χ1v) is 22.0. The molecule has 0 spiro atoms. The number of ether oxygens (including phenoxy) is 3. The van der Waals surface area contributed by atoms with Crippen molar-refractivity contribution in [3.63, 3.8) is 0 Å². The van der Waals surface area contributed by atoms with Gasteiger partial charge in [-0.3, -0.25) is 19.3 Å². The van der Waals surface area contributed by atoms with Crippen molar-refractivity contribution in [2.24, 2.45) is 5.92 Å². The van der Waals surface area contributed by atoms with Crippen LogP contribution in [0, 0.1) is 5.92 Å². The fraction of sp³-hybridized carbons (Fsp3) is 0.675. The van der Waals surface area contributed by atoms with Crippen molar-refractivity contribution in [2.45, 2.75) is 114 Å². The van der Waals surface area contributed by atoms with E-state index in [0.717, 1.165) is 18.4 Å². The normalized spacial score (nSPS) is 28.2. The highest BCUT2D eigenvalue weighted by Crippen LogP contribution is 2.46. The molecular formula is C40H59N7O10S. The molecule has 0 radical (unpaired) electrons. The largest absolute Gasteiger partial charge is 0.444 e. The Morgan fingerprint density at radius 2 is 1.71 bits per heavy atom. The molecule has 1 saturated carbocycles. The van der Waals surface area contributed by atoms with Gasteiger partial charge in [-0.25, -0.2) is 14.3 Å². The lowest BCUT2D eigenvalue weighted by Gasteiger charge is -2.31. The van der Waals surface area contributed by atoms with Crippen LogP contribution in [0.5, 0.6) is 0 Å². The van der Waals surface area contributed by atoms with E-state index in [1.165, 1.54) is 9.21 Å². The van der Waals surface area contributed by atoms with E-state index in [1.54, 1.807) is 20.8 Å². The van der Waals surface area contributed by atoms with Crippen LogP contribution in [0.2, 0.25) is 0 Å². The second-order valence-corrected chi connectivity index (χ2v) is 18.5. The van der Waals surface area contributed by atoms with Crippen molar-refractivity contribution in [1.29, 1.82) is 0 Å². The van der Waals surface area contributed by atoms with Gasteiger partial charge in [-0.2, -0.15) is 12.7 Å². The second kappa shape index (κ2) is 18.8. The molecule has 3 saturated heterocycles. The molecule has 6 atom stereocenters. The molecule has 1 aromatic rings. The van der Waals surface area contributed by atoms with E-state index < -0.39 is 81.4 Å². The number of allylic oxidation sites excluding steroid dienone is 1. The van der Waals surface area contributed by atoms with Gasteiger partial charge in [-0.15, -0.1) is 0 Å². The number of rotatable bonds is 9. The second-order valence-electron chi connectivity index (χ2n) is 16.9. The number of carbonyl (C=O) groups is 5. The molecule has 6 rings (SSSR count). The van der Waals surface area contributed by atoms with Gasteiger partial charge in [0, 0.05) is 45.1 Å². The molecule has 1 aromatic carbocycles. The third kappa shape index (κ3) is 11.3. The van der Waals surface area contributed by atoms with Gasteiger partial charge in [0.2, 0.25) is 11.8 Å². The summed E-state index contributed by atoms with van der Waals surface area (Å²) in [6, 6.07) is 6.78. The van der Waals surface area contributed by atoms with Crippen molar-refractivity contribution in [3.8, 4) is 0 Å². The SMILES string of the molecule is CC(C)(C)OC(=O)N[C@H]1CCCCCC=C[C@@H]2C[C@@]2(C(=O)NS(=O)(=O)N2CCCC2)NC(=O)C2C[C@@H](OC(=O)NC(CN3CCOCC3)c3ccccc3)CN2C1=O. The number of amides is 5. The Bertz CT molecular complexity index is 1780. The highest BCUT2D eigenvalue weighted by atomic mass is 32.2. The van der Waals surface area contributed by atoms with Crippen molar-refractivity contribution in [2.75, 3.05) is 52.5 Å². The van der Waals surface area contributed by atoms with Crippen LogP contribution in [0.1, 0.15) is 90.2 Å². The fourth-order valence-corrected chi connectivity index (χ4v) is 9.39. The average Bonchev–Trinajstić information content (AvgIpc) is 3.47. The minimum absolute atomic E-state index is 0.103. The summed E-state index contributed by atoms with van der Waals surface area (Å²) in [7, 11) is -4.16. The summed E-state index contributed by atoms with van der Waals surface area (Å²) in [4.78, 5) is 73.0. The van der Waals surface area contributed by atoms with E-state index in [4.69, 9.17) is 14.2 Å². The van der Waals surface area contributed by atoms with Crippen molar-refractivity contribution in [3.05, 3.63) is 48.0 Å². The Labute approximate surface area is 341 Å². The first-order valence-electron chi connectivity index (χ1n) is 20.6.